The van der Waals surface area contributed by atoms with Crippen LogP contribution < -0.4 is 0 Å². The average Bonchev–Trinajstić information content (AvgIpc) is 1.93. The molecular formula is C8H8O3. The molecule has 0 saturated carbocycles. The molecule has 1 aromatic rings. The van der Waals surface area contributed by atoms with Crippen LogP contribution in [0, 0.1) is 0 Å². The summed E-state index contributed by atoms with van der Waals surface area (Å²) in [4.78, 5) is 10.2. The summed E-state index contributed by atoms with van der Waals surface area (Å²) in [6.45, 7) is 0. The van der Waals surface area contributed by atoms with Crippen LogP contribution in [-0.4, -0.2) is 16.2 Å². The number of carboxylic acids is 1. The summed E-state index contributed by atoms with van der Waals surface area (Å²) >= 11 is 0. The Morgan fingerprint density at radius 3 is 2.27 bits per heavy atom. The van der Waals surface area contributed by atoms with Gasteiger partial charge in [0.15, 0.2) is 0 Å². The number of aliphatic carboxylic acids is 1. The van der Waals surface area contributed by atoms with Crippen molar-refractivity contribution in [2.24, 2.45) is 0 Å². The van der Waals surface area contributed by atoms with Gasteiger partial charge in [-0.15, -0.1) is 0 Å². The molecule has 0 aliphatic heterocycles. The molecule has 1 rings (SSSR count). The van der Waals surface area contributed by atoms with Crippen LogP contribution in [-0.2, 0) is 11.2 Å². The number of phenols is 1. The quantitative estimate of drug-likeness (QED) is 0.623. The summed E-state index contributed by atoms with van der Waals surface area (Å²) in [6.07, 6.45) is 0.000278. The summed E-state index contributed by atoms with van der Waals surface area (Å²) in [5, 5.41) is 17.2. The maximum absolute atomic E-state index is 10.2. The highest BCUT2D eigenvalue weighted by molar-refractivity contribution is 5.70. The zero-order valence-corrected chi connectivity index (χ0v) is 5.82. The first-order chi connectivity index (χ1) is 5.18. The predicted molar refractivity (Wildman–Crippen MR) is 39.4 cm³/mol. The van der Waals surface area contributed by atoms with Gasteiger partial charge in [-0.05, 0) is 17.7 Å². The molecule has 0 heterocycles. The lowest BCUT2D eigenvalue weighted by Crippen LogP contribution is -1.98. The van der Waals surface area contributed by atoms with Crippen LogP contribution in [0.15, 0.2) is 24.3 Å². The zero-order valence-electron chi connectivity index (χ0n) is 5.82. The van der Waals surface area contributed by atoms with E-state index in [0.29, 0.717) is 5.56 Å². The zero-order chi connectivity index (χ0) is 8.27. The van der Waals surface area contributed by atoms with E-state index in [1.54, 1.807) is 12.1 Å². The highest BCUT2D eigenvalue weighted by Crippen LogP contribution is 2.09. The van der Waals surface area contributed by atoms with Crippen LogP contribution >= 0.6 is 0 Å². The van der Waals surface area contributed by atoms with Gasteiger partial charge in [-0.3, -0.25) is 4.79 Å². The van der Waals surface area contributed by atoms with Crippen molar-refractivity contribution >= 4 is 5.97 Å². The van der Waals surface area contributed by atoms with Crippen molar-refractivity contribution in [2.45, 2.75) is 6.42 Å². The van der Waals surface area contributed by atoms with Crippen LogP contribution in [0.25, 0.3) is 0 Å². The van der Waals surface area contributed by atoms with Crippen LogP contribution in [0.4, 0.5) is 0 Å². The number of phenolic OH excluding ortho intramolecular Hbond substituents is 1. The van der Waals surface area contributed by atoms with E-state index in [9.17, 15) is 4.79 Å². The van der Waals surface area contributed by atoms with Gasteiger partial charge in [0.05, 0.1) is 6.42 Å². The van der Waals surface area contributed by atoms with Crippen LogP contribution in [0.3, 0.4) is 0 Å². The van der Waals surface area contributed by atoms with Gasteiger partial charge in [0.25, 0.3) is 0 Å². The summed E-state index contributed by atoms with van der Waals surface area (Å²) in [5.74, 6) is -0.713. The third kappa shape index (κ3) is 2.29. The van der Waals surface area contributed by atoms with E-state index in [-0.39, 0.29) is 12.2 Å². The van der Waals surface area contributed by atoms with Crippen molar-refractivity contribution in [3.05, 3.63) is 29.8 Å². The number of benzene rings is 1. The fourth-order valence-corrected chi connectivity index (χ4v) is 0.788. The lowest BCUT2D eigenvalue weighted by atomic mass is 10.2. The standard InChI is InChI=1S/C8H8O3/c9-7-3-1-6(2-4-7)5-8(10)11/h1-4,9H,5H2,(H,10,11)/i8+1. The van der Waals surface area contributed by atoms with Crippen molar-refractivity contribution in [3.63, 3.8) is 0 Å². The molecule has 3 nitrogen and oxygen atoms in total. The third-order valence-corrected chi connectivity index (χ3v) is 1.29. The van der Waals surface area contributed by atoms with E-state index < -0.39 is 5.97 Å². The molecule has 0 fully saturated rings. The molecule has 58 valence electrons. The monoisotopic (exact) mass is 153 g/mol. The van der Waals surface area contributed by atoms with Gasteiger partial charge in [0.1, 0.15) is 5.75 Å². The van der Waals surface area contributed by atoms with Gasteiger partial charge >= 0.3 is 5.97 Å². The highest BCUT2D eigenvalue weighted by atomic mass is 16.5. The molecule has 0 unspecified atom stereocenters. The topological polar surface area (TPSA) is 57.5 Å². The number of aromatic hydroxyl groups is 1. The van der Waals surface area contributed by atoms with Gasteiger partial charge in [-0.25, -0.2) is 0 Å². The van der Waals surface area contributed by atoms with Gasteiger partial charge in [0, 0.05) is 0 Å². The second kappa shape index (κ2) is 3.05. The molecule has 0 radical (unpaired) electrons. The lowest BCUT2D eigenvalue weighted by molar-refractivity contribution is -0.136. The largest absolute Gasteiger partial charge is 0.508 e. The molecule has 0 bridgehead atoms. The van der Waals surface area contributed by atoms with Crippen LogP contribution in [0.5, 0.6) is 5.75 Å². The molecule has 0 amide bonds. The Morgan fingerprint density at radius 2 is 1.82 bits per heavy atom. The van der Waals surface area contributed by atoms with Crippen molar-refractivity contribution < 1.29 is 15.0 Å². The molecule has 0 aromatic heterocycles. The van der Waals surface area contributed by atoms with Gasteiger partial charge in [-0.2, -0.15) is 0 Å². The Hall–Kier alpha value is -1.51. The highest BCUT2D eigenvalue weighted by Gasteiger charge is 1.98. The number of hydrogen-bond acceptors (Lipinski definition) is 2. The molecule has 0 atom stereocenters. The van der Waals surface area contributed by atoms with E-state index in [2.05, 4.69) is 0 Å². The Balaban J connectivity index is 2.74. The van der Waals surface area contributed by atoms with Crippen molar-refractivity contribution in [1.29, 1.82) is 0 Å². The average molecular weight is 153 g/mol. The van der Waals surface area contributed by atoms with E-state index >= 15 is 0 Å². The minimum absolute atomic E-state index is 0.000278. The molecule has 0 spiro atoms. The fourth-order valence-electron chi connectivity index (χ4n) is 0.788. The first-order valence-electron chi connectivity index (χ1n) is 3.18. The number of rotatable bonds is 2. The number of carboxylic acid groups (broad SMARTS) is 1. The number of hydrogen-bond donors (Lipinski definition) is 2. The summed E-state index contributed by atoms with van der Waals surface area (Å²) in [6, 6.07) is 6.11. The first-order valence-corrected chi connectivity index (χ1v) is 3.18. The molecular weight excluding hydrogens is 145 g/mol. The normalized spacial score (nSPS) is 9.45. The summed E-state index contributed by atoms with van der Waals surface area (Å²) < 4.78 is 0. The predicted octanol–water partition coefficient (Wildman–Crippen LogP) is 1.02. The van der Waals surface area contributed by atoms with Crippen molar-refractivity contribution in [2.75, 3.05) is 0 Å². The van der Waals surface area contributed by atoms with Gasteiger partial charge in [0.2, 0.25) is 0 Å². The smallest absolute Gasteiger partial charge is 0.307 e. The first kappa shape index (κ1) is 7.60. The van der Waals surface area contributed by atoms with Crippen LogP contribution in [0.1, 0.15) is 5.56 Å². The molecule has 0 saturated heterocycles. The van der Waals surface area contributed by atoms with E-state index in [1.807, 2.05) is 0 Å². The summed E-state index contributed by atoms with van der Waals surface area (Å²) in [7, 11) is 0. The maximum Gasteiger partial charge on any atom is 0.307 e. The maximum atomic E-state index is 10.2. The Kier molecular flexibility index (Phi) is 2.11. The Labute approximate surface area is 63.9 Å². The molecule has 1 aromatic carbocycles. The van der Waals surface area contributed by atoms with Crippen molar-refractivity contribution in [3.8, 4) is 5.75 Å². The SMILES string of the molecule is O=[13C](O)Cc1ccc(O)cc1. The van der Waals surface area contributed by atoms with Gasteiger partial charge < -0.3 is 10.2 Å². The lowest BCUT2D eigenvalue weighted by Gasteiger charge is -1.95. The minimum Gasteiger partial charge on any atom is -0.508 e. The minimum atomic E-state index is -0.865. The van der Waals surface area contributed by atoms with Gasteiger partial charge in [-0.1, -0.05) is 12.1 Å². The fraction of sp³-hybridized carbons (Fsp3) is 0.125. The van der Waals surface area contributed by atoms with E-state index in [1.165, 1.54) is 12.1 Å². The van der Waals surface area contributed by atoms with E-state index in [0.717, 1.165) is 0 Å². The Bertz CT molecular complexity index is 251. The molecule has 2 N–H and O–H groups in total. The van der Waals surface area contributed by atoms with Crippen molar-refractivity contribution in [1.82, 2.24) is 0 Å². The molecule has 0 aliphatic rings. The van der Waals surface area contributed by atoms with E-state index in [4.69, 9.17) is 10.2 Å². The molecule has 3 heteroatoms. The molecule has 0 aliphatic carbocycles. The van der Waals surface area contributed by atoms with Crippen LogP contribution in [0.2, 0.25) is 0 Å². The summed E-state index contributed by atoms with van der Waals surface area (Å²) in [5.41, 5.74) is 0.690. The second-order valence-corrected chi connectivity index (χ2v) is 2.24. The Morgan fingerprint density at radius 1 is 1.27 bits per heavy atom. The molecule has 11 heavy (non-hydrogen) atoms. The number of carbonyl (C=O) groups is 1. The second-order valence-electron chi connectivity index (χ2n) is 2.24. The third-order valence-electron chi connectivity index (χ3n) is 1.29.